The lowest BCUT2D eigenvalue weighted by Crippen LogP contribution is -2.52. The molecule has 0 aromatic heterocycles. The van der Waals surface area contributed by atoms with E-state index in [1.165, 1.54) is 19.9 Å². The Morgan fingerprint density at radius 1 is 1.37 bits per heavy atom. The second-order valence-electron chi connectivity index (χ2n) is 4.50. The van der Waals surface area contributed by atoms with Crippen molar-refractivity contribution in [3.63, 3.8) is 0 Å². The van der Waals surface area contributed by atoms with Crippen molar-refractivity contribution < 1.29 is 23.5 Å². The molecule has 0 bridgehead atoms. The Morgan fingerprint density at radius 3 is 2.42 bits per heavy atom. The molecule has 0 aliphatic heterocycles. The maximum Gasteiger partial charge on any atom is 0.329 e. The monoisotopic (exact) mass is 271 g/mol. The number of aryl methyl sites for hydroxylation is 1. The molecule has 0 fully saturated rings. The zero-order valence-electron chi connectivity index (χ0n) is 10.9. The van der Waals surface area contributed by atoms with Gasteiger partial charge in [-0.05, 0) is 31.9 Å². The van der Waals surface area contributed by atoms with Crippen molar-refractivity contribution in [2.45, 2.75) is 32.7 Å². The van der Waals surface area contributed by atoms with Crippen molar-refractivity contribution in [1.29, 1.82) is 0 Å². The van der Waals surface area contributed by atoms with E-state index in [0.29, 0.717) is 0 Å². The molecule has 0 radical (unpaired) electrons. The summed E-state index contributed by atoms with van der Waals surface area (Å²) in [6.45, 7) is 4.22. The van der Waals surface area contributed by atoms with Gasteiger partial charge in [-0.25, -0.2) is 13.6 Å². The molecule has 1 rings (SSSR count). The van der Waals surface area contributed by atoms with Gasteiger partial charge in [0, 0.05) is 0 Å². The quantitative estimate of drug-likeness (QED) is 0.882. The second kappa shape index (κ2) is 5.34. The molecule has 6 heteroatoms. The van der Waals surface area contributed by atoms with Gasteiger partial charge in [0.2, 0.25) is 0 Å². The van der Waals surface area contributed by atoms with E-state index in [4.69, 9.17) is 5.11 Å². The second-order valence-corrected chi connectivity index (χ2v) is 4.50. The van der Waals surface area contributed by atoms with Crippen LogP contribution in [0.25, 0.3) is 0 Å². The van der Waals surface area contributed by atoms with E-state index in [1.807, 2.05) is 0 Å². The number of carboxylic acids is 1. The maximum absolute atomic E-state index is 13.7. The minimum absolute atomic E-state index is 0.0864. The number of amides is 1. The van der Waals surface area contributed by atoms with E-state index in [0.717, 1.165) is 6.07 Å². The van der Waals surface area contributed by atoms with Crippen LogP contribution in [0, 0.1) is 18.6 Å². The van der Waals surface area contributed by atoms with Gasteiger partial charge >= 0.3 is 5.97 Å². The highest BCUT2D eigenvalue weighted by atomic mass is 19.1. The van der Waals surface area contributed by atoms with Crippen LogP contribution >= 0.6 is 0 Å². The maximum atomic E-state index is 13.7. The Labute approximate surface area is 109 Å². The zero-order valence-corrected chi connectivity index (χ0v) is 10.9. The van der Waals surface area contributed by atoms with E-state index in [1.54, 1.807) is 6.92 Å². The normalized spacial score (nSPS) is 13.7. The standard InChI is InChI=1S/C13H15F2NO3/c1-4-13(3,12(18)19)16-11(17)9-8(14)6-5-7(2)10(9)15/h5-6H,4H2,1-3H3,(H,16,17)(H,18,19). The average Bonchev–Trinajstić information content (AvgIpc) is 2.34. The molecular formula is C13H15F2NO3. The summed E-state index contributed by atoms with van der Waals surface area (Å²) in [7, 11) is 0. The van der Waals surface area contributed by atoms with E-state index in [-0.39, 0.29) is 12.0 Å². The number of hydrogen-bond acceptors (Lipinski definition) is 2. The number of carbonyl (C=O) groups is 2. The Balaban J connectivity index is 3.16. The number of aliphatic carboxylic acids is 1. The molecule has 0 heterocycles. The number of nitrogens with one attached hydrogen (secondary N) is 1. The van der Waals surface area contributed by atoms with Gasteiger partial charge in [0.05, 0.1) is 0 Å². The summed E-state index contributed by atoms with van der Waals surface area (Å²) in [5, 5.41) is 11.2. The summed E-state index contributed by atoms with van der Waals surface area (Å²) >= 11 is 0. The van der Waals surface area contributed by atoms with Gasteiger partial charge in [0.15, 0.2) is 0 Å². The predicted octanol–water partition coefficient (Wildman–Crippen LogP) is 2.26. The molecule has 4 nitrogen and oxygen atoms in total. The first-order valence-electron chi connectivity index (χ1n) is 5.73. The van der Waals surface area contributed by atoms with Gasteiger partial charge in [-0.3, -0.25) is 4.79 Å². The fourth-order valence-electron chi connectivity index (χ4n) is 1.47. The molecule has 0 aliphatic rings. The van der Waals surface area contributed by atoms with Crippen LogP contribution in [0.4, 0.5) is 8.78 Å². The molecule has 104 valence electrons. The number of benzene rings is 1. The van der Waals surface area contributed by atoms with Crippen LogP contribution in [0.15, 0.2) is 12.1 Å². The van der Waals surface area contributed by atoms with Crippen LogP contribution < -0.4 is 5.32 Å². The van der Waals surface area contributed by atoms with Crippen molar-refractivity contribution in [2.75, 3.05) is 0 Å². The Morgan fingerprint density at radius 2 is 1.95 bits per heavy atom. The third kappa shape index (κ3) is 2.89. The minimum Gasteiger partial charge on any atom is -0.480 e. The summed E-state index contributed by atoms with van der Waals surface area (Å²) in [5.74, 6) is -4.35. The van der Waals surface area contributed by atoms with Crippen LogP contribution in [-0.2, 0) is 4.79 Å². The van der Waals surface area contributed by atoms with Gasteiger partial charge in [-0.2, -0.15) is 0 Å². The summed E-state index contributed by atoms with van der Waals surface area (Å²) < 4.78 is 27.3. The number of carbonyl (C=O) groups excluding carboxylic acids is 1. The van der Waals surface area contributed by atoms with Crippen molar-refractivity contribution >= 4 is 11.9 Å². The Bertz CT molecular complexity index is 531. The Kier molecular flexibility index (Phi) is 4.24. The molecule has 1 aromatic rings. The average molecular weight is 271 g/mol. The minimum atomic E-state index is -1.57. The number of rotatable bonds is 4. The lowest BCUT2D eigenvalue weighted by atomic mass is 9.98. The summed E-state index contributed by atoms with van der Waals surface area (Å²) in [6.07, 6.45) is 0.0864. The first kappa shape index (κ1) is 15.1. The van der Waals surface area contributed by atoms with Crippen LogP contribution in [0.3, 0.4) is 0 Å². The number of halogens is 2. The van der Waals surface area contributed by atoms with E-state index >= 15 is 0 Å². The Hall–Kier alpha value is -1.98. The van der Waals surface area contributed by atoms with Crippen molar-refractivity contribution in [3.8, 4) is 0 Å². The molecule has 0 aliphatic carbocycles. The highest BCUT2D eigenvalue weighted by Crippen LogP contribution is 2.18. The number of hydrogen-bond donors (Lipinski definition) is 2. The van der Waals surface area contributed by atoms with Gasteiger partial charge < -0.3 is 10.4 Å². The highest BCUT2D eigenvalue weighted by molar-refractivity contribution is 5.98. The van der Waals surface area contributed by atoms with Gasteiger partial charge in [-0.15, -0.1) is 0 Å². The third-order valence-electron chi connectivity index (χ3n) is 3.08. The third-order valence-corrected chi connectivity index (χ3v) is 3.08. The lowest BCUT2D eigenvalue weighted by Gasteiger charge is -2.24. The first-order valence-corrected chi connectivity index (χ1v) is 5.73. The summed E-state index contributed by atoms with van der Waals surface area (Å²) in [5.41, 5.74) is -2.22. The fourth-order valence-corrected chi connectivity index (χ4v) is 1.47. The molecule has 0 saturated carbocycles. The van der Waals surface area contributed by atoms with Gasteiger partial charge in [0.25, 0.3) is 5.91 Å². The van der Waals surface area contributed by atoms with Crippen molar-refractivity contribution in [1.82, 2.24) is 5.32 Å². The smallest absolute Gasteiger partial charge is 0.329 e. The van der Waals surface area contributed by atoms with E-state index < -0.39 is 34.6 Å². The summed E-state index contributed by atoms with van der Waals surface area (Å²) in [4.78, 5) is 22.9. The summed E-state index contributed by atoms with van der Waals surface area (Å²) in [6, 6.07) is 2.18. The molecule has 0 saturated heterocycles. The van der Waals surface area contributed by atoms with Gasteiger partial charge in [-0.1, -0.05) is 13.0 Å². The molecule has 0 spiro atoms. The van der Waals surface area contributed by atoms with Gasteiger partial charge in [0.1, 0.15) is 22.7 Å². The highest BCUT2D eigenvalue weighted by Gasteiger charge is 2.34. The predicted molar refractivity (Wildman–Crippen MR) is 64.9 cm³/mol. The molecule has 19 heavy (non-hydrogen) atoms. The van der Waals surface area contributed by atoms with E-state index in [2.05, 4.69) is 5.32 Å². The van der Waals surface area contributed by atoms with Crippen LogP contribution in [0.2, 0.25) is 0 Å². The van der Waals surface area contributed by atoms with Crippen LogP contribution in [0.5, 0.6) is 0 Å². The first-order chi connectivity index (χ1) is 8.73. The lowest BCUT2D eigenvalue weighted by molar-refractivity contribution is -0.143. The topological polar surface area (TPSA) is 66.4 Å². The number of carboxylic acid groups (broad SMARTS) is 1. The fraction of sp³-hybridized carbons (Fsp3) is 0.385. The zero-order chi connectivity index (χ0) is 14.8. The van der Waals surface area contributed by atoms with Crippen LogP contribution in [0.1, 0.15) is 36.2 Å². The largest absolute Gasteiger partial charge is 0.480 e. The molecule has 1 unspecified atom stereocenters. The molecule has 1 atom stereocenters. The molecule has 1 aromatic carbocycles. The van der Waals surface area contributed by atoms with Crippen LogP contribution in [-0.4, -0.2) is 22.5 Å². The molecule has 2 N–H and O–H groups in total. The molecular weight excluding hydrogens is 256 g/mol. The van der Waals surface area contributed by atoms with Crippen molar-refractivity contribution in [2.24, 2.45) is 0 Å². The van der Waals surface area contributed by atoms with Crippen molar-refractivity contribution in [3.05, 3.63) is 34.9 Å². The van der Waals surface area contributed by atoms with E-state index in [9.17, 15) is 18.4 Å². The SMILES string of the molecule is CCC(C)(NC(=O)c1c(F)ccc(C)c1F)C(=O)O. The molecule has 1 amide bonds.